The van der Waals surface area contributed by atoms with Gasteiger partial charge in [-0.15, -0.1) is 0 Å². The summed E-state index contributed by atoms with van der Waals surface area (Å²) >= 11 is 0. The zero-order chi connectivity index (χ0) is 19.9. The summed E-state index contributed by atoms with van der Waals surface area (Å²) in [7, 11) is 0. The van der Waals surface area contributed by atoms with Crippen molar-refractivity contribution in [2.75, 3.05) is 0 Å². The van der Waals surface area contributed by atoms with E-state index in [4.69, 9.17) is 9.47 Å². The summed E-state index contributed by atoms with van der Waals surface area (Å²) in [6.07, 6.45) is -2.78. The fourth-order valence-electron chi connectivity index (χ4n) is 2.10. The van der Waals surface area contributed by atoms with Crippen molar-refractivity contribution < 1.29 is 29.0 Å². The number of amides is 1. The van der Waals surface area contributed by atoms with Gasteiger partial charge >= 0.3 is 12.1 Å². The lowest BCUT2D eigenvalue weighted by molar-refractivity contribution is -0.168. The van der Waals surface area contributed by atoms with Crippen molar-refractivity contribution in [3.63, 3.8) is 0 Å². The fraction of sp³-hybridized carbons (Fsp3) is 0.526. The highest BCUT2D eigenvalue weighted by Crippen LogP contribution is 2.12. The molecule has 0 aliphatic heterocycles. The van der Waals surface area contributed by atoms with Crippen molar-refractivity contribution in [3.8, 4) is 0 Å². The van der Waals surface area contributed by atoms with Crippen LogP contribution in [0.2, 0.25) is 0 Å². The Balaban J connectivity index is 2.67. The third-order valence-corrected chi connectivity index (χ3v) is 3.36. The number of carbonyl (C=O) groups excluding carboxylic acids is 3. The maximum Gasteiger partial charge on any atom is 0.408 e. The number of ketones is 1. The van der Waals surface area contributed by atoms with Crippen molar-refractivity contribution in [2.24, 2.45) is 5.92 Å². The molecule has 1 unspecified atom stereocenters. The molecule has 0 heterocycles. The molecule has 1 aromatic rings. The standard InChI is InChI=1S/C19H27NO6/c1-12(2)14(15(21)16(22)17(23)26-19(3,4)5)20-18(24)25-11-13-9-7-6-8-10-13/h6-10,12,14,16,22H,11H2,1-5H3,(H,20,24)/t14-,16?/m1/s1. The van der Waals surface area contributed by atoms with Crippen LogP contribution in [0.4, 0.5) is 4.79 Å². The molecule has 0 saturated heterocycles. The number of benzene rings is 1. The first-order valence-electron chi connectivity index (χ1n) is 8.43. The number of nitrogens with one attached hydrogen (secondary N) is 1. The normalized spacial score (nSPS) is 13.7. The summed E-state index contributed by atoms with van der Waals surface area (Å²) in [6.45, 7) is 8.29. The summed E-state index contributed by atoms with van der Waals surface area (Å²) < 4.78 is 10.1. The Labute approximate surface area is 153 Å². The number of ether oxygens (including phenoxy) is 2. The van der Waals surface area contributed by atoms with Gasteiger partial charge in [0.1, 0.15) is 12.2 Å². The second-order valence-corrected chi connectivity index (χ2v) is 7.27. The number of hydrogen-bond donors (Lipinski definition) is 2. The smallest absolute Gasteiger partial charge is 0.408 e. The van der Waals surface area contributed by atoms with E-state index in [1.165, 1.54) is 0 Å². The van der Waals surface area contributed by atoms with E-state index in [-0.39, 0.29) is 12.5 Å². The number of alkyl carbamates (subject to hydrolysis) is 1. The molecule has 0 aliphatic rings. The van der Waals surface area contributed by atoms with Crippen LogP contribution in [0, 0.1) is 5.92 Å². The Kier molecular flexibility index (Phi) is 7.76. The highest BCUT2D eigenvalue weighted by Gasteiger charge is 2.36. The SMILES string of the molecule is CC(C)[C@@H](NC(=O)OCc1ccccc1)C(=O)C(O)C(=O)OC(C)(C)C. The molecule has 0 aromatic heterocycles. The monoisotopic (exact) mass is 365 g/mol. The van der Waals surface area contributed by atoms with Crippen molar-refractivity contribution in [1.29, 1.82) is 0 Å². The van der Waals surface area contributed by atoms with Crippen molar-refractivity contribution in [1.82, 2.24) is 5.32 Å². The summed E-state index contributed by atoms with van der Waals surface area (Å²) in [5.74, 6) is -2.25. The minimum Gasteiger partial charge on any atom is -0.458 e. The largest absolute Gasteiger partial charge is 0.458 e. The number of rotatable bonds is 7. The lowest BCUT2D eigenvalue weighted by Crippen LogP contribution is -2.51. The number of aliphatic hydroxyl groups excluding tert-OH is 1. The quantitative estimate of drug-likeness (QED) is 0.567. The molecule has 0 fully saturated rings. The molecule has 1 rings (SSSR count). The molecule has 0 spiro atoms. The van der Waals surface area contributed by atoms with Crippen LogP contribution in [-0.2, 0) is 25.7 Å². The Morgan fingerprint density at radius 2 is 1.69 bits per heavy atom. The van der Waals surface area contributed by atoms with E-state index in [1.807, 2.05) is 18.2 Å². The van der Waals surface area contributed by atoms with Gasteiger partial charge in [0.15, 0.2) is 5.78 Å². The van der Waals surface area contributed by atoms with Gasteiger partial charge in [-0.1, -0.05) is 44.2 Å². The Morgan fingerprint density at radius 1 is 1.12 bits per heavy atom. The van der Waals surface area contributed by atoms with Gasteiger partial charge in [-0.05, 0) is 32.3 Å². The molecule has 1 aromatic carbocycles. The van der Waals surface area contributed by atoms with Crippen LogP contribution in [-0.4, -0.2) is 40.7 Å². The van der Waals surface area contributed by atoms with Gasteiger partial charge in [0.2, 0.25) is 6.10 Å². The third kappa shape index (κ3) is 7.23. The molecule has 7 nitrogen and oxygen atoms in total. The molecule has 144 valence electrons. The van der Waals surface area contributed by atoms with Gasteiger partial charge in [0.05, 0.1) is 6.04 Å². The van der Waals surface area contributed by atoms with E-state index < -0.39 is 35.6 Å². The minimum atomic E-state index is -1.98. The molecular formula is C19H27NO6. The van der Waals surface area contributed by atoms with Gasteiger partial charge in [0.25, 0.3) is 0 Å². The van der Waals surface area contributed by atoms with E-state index in [0.29, 0.717) is 0 Å². The molecule has 0 aliphatic carbocycles. The number of aliphatic hydroxyl groups is 1. The molecule has 26 heavy (non-hydrogen) atoms. The summed E-state index contributed by atoms with van der Waals surface area (Å²) in [5.41, 5.74) is -0.0443. The highest BCUT2D eigenvalue weighted by molar-refractivity contribution is 6.05. The average Bonchev–Trinajstić information content (AvgIpc) is 2.55. The third-order valence-electron chi connectivity index (χ3n) is 3.36. The van der Waals surface area contributed by atoms with Crippen LogP contribution in [0.1, 0.15) is 40.2 Å². The van der Waals surface area contributed by atoms with Crippen LogP contribution in [0.15, 0.2) is 30.3 Å². The Morgan fingerprint density at radius 3 is 2.19 bits per heavy atom. The Hall–Kier alpha value is -2.41. The maximum absolute atomic E-state index is 12.4. The second-order valence-electron chi connectivity index (χ2n) is 7.27. The lowest BCUT2D eigenvalue weighted by atomic mass is 9.96. The van der Waals surface area contributed by atoms with E-state index in [0.717, 1.165) is 5.56 Å². The van der Waals surface area contributed by atoms with Gasteiger partial charge in [0, 0.05) is 0 Å². The second kappa shape index (κ2) is 9.33. The van der Waals surface area contributed by atoms with Gasteiger partial charge in [-0.3, -0.25) is 4.79 Å². The van der Waals surface area contributed by atoms with Crippen molar-refractivity contribution in [2.45, 2.75) is 59.0 Å². The van der Waals surface area contributed by atoms with Crippen molar-refractivity contribution >= 4 is 17.8 Å². The summed E-state index contributed by atoms with van der Waals surface area (Å²) in [4.78, 5) is 36.3. The van der Waals surface area contributed by atoms with Crippen LogP contribution >= 0.6 is 0 Å². The molecule has 2 atom stereocenters. The molecule has 7 heteroatoms. The maximum atomic E-state index is 12.4. The number of esters is 1. The van der Waals surface area contributed by atoms with E-state index in [9.17, 15) is 19.5 Å². The molecule has 1 amide bonds. The predicted octanol–water partition coefficient (Wildman–Crippen LogP) is 2.21. The number of hydrogen-bond acceptors (Lipinski definition) is 6. The van der Waals surface area contributed by atoms with Gasteiger partial charge in [-0.25, -0.2) is 9.59 Å². The fourth-order valence-corrected chi connectivity index (χ4v) is 2.10. The van der Waals surface area contributed by atoms with E-state index in [2.05, 4.69) is 5.32 Å². The van der Waals surface area contributed by atoms with E-state index in [1.54, 1.807) is 46.8 Å². The Bertz CT molecular complexity index is 621. The molecule has 0 bridgehead atoms. The van der Waals surface area contributed by atoms with Crippen LogP contribution in [0.25, 0.3) is 0 Å². The lowest BCUT2D eigenvalue weighted by Gasteiger charge is -2.25. The zero-order valence-corrected chi connectivity index (χ0v) is 15.8. The molecule has 2 N–H and O–H groups in total. The predicted molar refractivity (Wildman–Crippen MR) is 95.2 cm³/mol. The highest BCUT2D eigenvalue weighted by atomic mass is 16.6. The van der Waals surface area contributed by atoms with Gasteiger partial charge in [-0.2, -0.15) is 0 Å². The van der Waals surface area contributed by atoms with Crippen LogP contribution in [0.3, 0.4) is 0 Å². The summed E-state index contributed by atoms with van der Waals surface area (Å²) in [6, 6.07) is 7.98. The first kappa shape index (κ1) is 21.6. The first-order valence-corrected chi connectivity index (χ1v) is 8.43. The number of Topliss-reactive ketones (excluding diaryl/α,β-unsaturated/α-hetero) is 1. The molecule has 0 saturated carbocycles. The van der Waals surface area contributed by atoms with Crippen LogP contribution in [0.5, 0.6) is 0 Å². The molecule has 0 radical (unpaired) electrons. The molecular weight excluding hydrogens is 338 g/mol. The average molecular weight is 365 g/mol. The van der Waals surface area contributed by atoms with Crippen molar-refractivity contribution in [3.05, 3.63) is 35.9 Å². The topological polar surface area (TPSA) is 102 Å². The van der Waals surface area contributed by atoms with E-state index >= 15 is 0 Å². The van der Waals surface area contributed by atoms with Crippen LogP contribution < -0.4 is 5.32 Å². The minimum absolute atomic E-state index is 0.0420. The number of carbonyl (C=O) groups is 3. The summed E-state index contributed by atoms with van der Waals surface area (Å²) in [5, 5.41) is 12.4. The first-order chi connectivity index (χ1) is 12.0. The zero-order valence-electron chi connectivity index (χ0n) is 15.8. The van der Waals surface area contributed by atoms with Gasteiger partial charge < -0.3 is 19.9 Å².